The van der Waals surface area contributed by atoms with Gasteiger partial charge in [-0.05, 0) is 42.1 Å². The van der Waals surface area contributed by atoms with E-state index in [1.807, 2.05) is 18.2 Å². The number of hydrogen-bond acceptors (Lipinski definition) is 2. The third kappa shape index (κ3) is 0.952. The van der Waals surface area contributed by atoms with Crippen molar-refractivity contribution in [3.63, 3.8) is 0 Å². The van der Waals surface area contributed by atoms with Gasteiger partial charge in [0.05, 0.1) is 5.71 Å². The van der Waals surface area contributed by atoms with Crippen LogP contribution in [0.3, 0.4) is 0 Å². The number of rotatable bonds is 2. The van der Waals surface area contributed by atoms with Crippen molar-refractivity contribution < 1.29 is 5.21 Å². The predicted octanol–water partition coefficient (Wildman–Crippen LogP) is 2.77. The highest BCUT2D eigenvalue weighted by atomic mass is 16.4. The van der Waals surface area contributed by atoms with Crippen LogP contribution in [0.5, 0.6) is 0 Å². The highest BCUT2D eigenvalue weighted by molar-refractivity contribution is 6.03. The number of nitrogens with zero attached hydrogens (tertiary/aromatic N) is 1. The van der Waals surface area contributed by atoms with Crippen LogP contribution < -0.4 is 0 Å². The Kier molecular flexibility index (Phi) is 1.58. The Bertz CT molecular complexity index is 439. The Morgan fingerprint density at radius 3 is 2.31 bits per heavy atom. The van der Waals surface area contributed by atoms with Gasteiger partial charge in [-0.1, -0.05) is 35.5 Å². The van der Waals surface area contributed by atoms with Crippen LogP contribution in [0.2, 0.25) is 0 Å². The fourth-order valence-corrected chi connectivity index (χ4v) is 4.41. The van der Waals surface area contributed by atoms with Gasteiger partial charge in [-0.15, -0.1) is 0 Å². The number of hydrogen-bond donors (Lipinski definition) is 1. The highest BCUT2D eigenvalue weighted by Gasteiger charge is 2.69. The van der Waals surface area contributed by atoms with Crippen LogP contribution in [0.15, 0.2) is 35.5 Å². The highest BCUT2D eigenvalue weighted by Crippen LogP contribution is 2.73. The molecule has 1 aromatic carbocycles. The molecule has 0 radical (unpaired) electrons. The maximum absolute atomic E-state index is 9.30. The molecule has 3 atom stereocenters. The third-order valence-electron chi connectivity index (χ3n) is 4.96. The van der Waals surface area contributed by atoms with Crippen molar-refractivity contribution in [2.45, 2.75) is 12.8 Å². The molecule has 4 aliphatic carbocycles. The average Bonchev–Trinajstić information content (AvgIpc) is 2.76. The van der Waals surface area contributed by atoms with Crippen molar-refractivity contribution in [2.24, 2.45) is 34.7 Å². The molecule has 5 rings (SSSR count). The van der Waals surface area contributed by atoms with E-state index in [2.05, 4.69) is 17.3 Å². The van der Waals surface area contributed by atoms with Crippen molar-refractivity contribution in [1.82, 2.24) is 0 Å². The molecule has 0 unspecified atom stereocenters. The first-order valence-electron chi connectivity index (χ1n) is 6.17. The van der Waals surface area contributed by atoms with E-state index in [0.717, 1.165) is 34.9 Å². The topological polar surface area (TPSA) is 32.6 Å². The van der Waals surface area contributed by atoms with Crippen LogP contribution in [0.1, 0.15) is 18.4 Å². The lowest BCUT2D eigenvalue weighted by Crippen LogP contribution is -2.19. The Balaban J connectivity index is 1.72. The van der Waals surface area contributed by atoms with Gasteiger partial charge in [0, 0.05) is 5.92 Å². The van der Waals surface area contributed by atoms with Crippen LogP contribution in [-0.2, 0) is 0 Å². The van der Waals surface area contributed by atoms with E-state index >= 15 is 0 Å². The zero-order chi connectivity index (χ0) is 10.7. The van der Waals surface area contributed by atoms with Crippen molar-refractivity contribution >= 4 is 5.71 Å². The molecule has 0 saturated heterocycles. The van der Waals surface area contributed by atoms with Gasteiger partial charge in [-0.2, -0.15) is 0 Å². The van der Waals surface area contributed by atoms with E-state index < -0.39 is 0 Å². The number of oxime groups is 1. The minimum absolute atomic E-state index is 0.544. The molecule has 4 bridgehead atoms. The molecular formula is C14H15NO. The summed E-state index contributed by atoms with van der Waals surface area (Å²) in [4.78, 5) is 0. The predicted molar refractivity (Wildman–Crippen MR) is 61.4 cm³/mol. The molecule has 4 saturated carbocycles. The fourth-order valence-electron chi connectivity index (χ4n) is 4.41. The van der Waals surface area contributed by atoms with E-state index in [1.54, 1.807) is 0 Å². The molecule has 0 aliphatic heterocycles. The van der Waals surface area contributed by atoms with Gasteiger partial charge in [0.25, 0.3) is 0 Å². The molecule has 0 heterocycles. The SMILES string of the molecule is O/N=C(/c1ccccc1)[C@@H]1C2C[C@H]3C1[C@@H]3C2. The summed E-state index contributed by atoms with van der Waals surface area (Å²) in [5.74, 6) is 4.12. The Morgan fingerprint density at radius 1 is 1.12 bits per heavy atom. The molecule has 1 aromatic rings. The molecule has 0 aromatic heterocycles. The first kappa shape index (κ1) is 8.80. The van der Waals surface area contributed by atoms with Gasteiger partial charge < -0.3 is 5.21 Å². The molecule has 1 N–H and O–H groups in total. The monoisotopic (exact) mass is 213 g/mol. The second-order valence-electron chi connectivity index (χ2n) is 5.51. The van der Waals surface area contributed by atoms with Crippen LogP contribution in [-0.4, -0.2) is 10.9 Å². The van der Waals surface area contributed by atoms with Gasteiger partial charge in [-0.3, -0.25) is 0 Å². The summed E-state index contributed by atoms with van der Waals surface area (Å²) in [6, 6.07) is 10.2. The van der Waals surface area contributed by atoms with Crippen molar-refractivity contribution in [3.05, 3.63) is 35.9 Å². The fraction of sp³-hybridized carbons (Fsp3) is 0.500. The summed E-state index contributed by atoms with van der Waals surface area (Å²) >= 11 is 0. The second kappa shape index (κ2) is 2.88. The smallest absolute Gasteiger partial charge is 0.0904 e. The molecule has 0 spiro atoms. The van der Waals surface area contributed by atoms with Crippen molar-refractivity contribution in [3.8, 4) is 0 Å². The minimum atomic E-state index is 0.544. The third-order valence-corrected chi connectivity index (χ3v) is 4.96. The molecule has 2 nitrogen and oxygen atoms in total. The van der Waals surface area contributed by atoms with Crippen LogP contribution >= 0.6 is 0 Å². The molecule has 0 amide bonds. The van der Waals surface area contributed by atoms with Crippen LogP contribution in [0.4, 0.5) is 0 Å². The van der Waals surface area contributed by atoms with Crippen LogP contribution in [0.25, 0.3) is 0 Å². The second-order valence-corrected chi connectivity index (χ2v) is 5.51. The number of benzene rings is 1. The minimum Gasteiger partial charge on any atom is -0.411 e. The zero-order valence-corrected chi connectivity index (χ0v) is 9.08. The summed E-state index contributed by atoms with van der Waals surface area (Å²) in [6.45, 7) is 0. The van der Waals surface area contributed by atoms with E-state index in [-0.39, 0.29) is 0 Å². The molecule has 16 heavy (non-hydrogen) atoms. The van der Waals surface area contributed by atoms with Gasteiger partial charge in [0.1, 0.15) is 0 Å². The maximum atomic E-state index is 9.30. The lowest BCUT2D eigenvalue weighted by atomic mass is 9.89. The quantitative estimate of drug-likeness (QED) is 0.457. The van der Waals surface area contributed by atoms with E-state index in [9.17, 15) is 5.21 Å². The molecule has 82 valence electrons. The summed E-state index contributed by atoms with van der Waals surface area (Å²) in [5.41, 5.74) is 2.05. The Morgan fingerprint density at radius 2 is 1.81 bits per heavy atom. The summed E-state index contributed by atoms with van der Waals surface area (Å²) in [6.07, 6.45) is 2.76. The van der Waals surface area contributed by atoms with E-state index in [0.29, 0.717) is 5.92 Å². The normalized spacial score (nSPS) is 43.8. The maximum Gasteiger partial charge on any atom is 0.0904 e. The standard InChI is InChI=1S/C14H15NO/c16-15-14(8-4-2-1-3-5-8)12-9-6-10-11(7-9)13(10)12/h1-5,9-13,16H,6-7H2/b15-14-/t9?,10-,11-,12-,13?/m1/s1. The van der Waals surface area contributed by atoms with E-state index in [4.69, 9.17) is 0 Å². The summed E-state index contributed by atoms with van der Waals surface area (Å²) in [7, 11) is 0. The zero-order valence-electron chi connectivity index (χ0n) is 9.08. The Hall–Kier alpha value is -1.31. The van der Waals surface area contributed by atoms with E-state index in [1.165, 1.54) is 12.8 Å². The van der Waals surface area contributed by atoms with Gasteiger partial charge >= 0.3 is 0 Å². The molecule has 2 heteroatoms. The summed E-state index contributed by atoms with van der Waals surface area (Å²) < 4.78 is 0. The van der Waals surface area contributed by atoms with Gasteiger partial charge in [0.2, 0.25) is 0 Å². The lowest BCUT2D eigenvalue weighted by Gasteiger charge is -2.16. The molecular weight excluding hydrogens is 198 g/mol. The largest absolute Gasteiger partial charge is 0.411 e. The first-order valence-corrected chi connectivity index (χ1v) is 6.17. The molecule has 4 aliphatic rings. The average molecular weight is 213 g/mol. The Labute approximate surface area is 95.0 Å². The van der Waals surface area contributed by atoms with Crippen molar-refractivity contribution in [2.75, 3.05) is 0 Å². The van der Waals surface area contributed by atoms with Crippen LogP contribution in [0, 0.1) is 29.6 Å². The lowest BCUT2D eigenvalue weighted by molar-refractivity contribution is 0.312. The van der Waals surface area contributed by atoms with Gasteiger partial charge in [-0.25, -0.2) is 0 Å². The molecule has 4 fully saturated rings. The van der Waals surface area contributed by atoms with Gasteiger partial charge in [0.15, 0.2) is 0 Å². The first-order chi connectivity index (χ1) is 7.90. The summed E-state index contributed by atoms with van der Waals surface area (Å²) in [5, 5.41) is 12.9. The van der Waals surface area contributed by atoms with Crippen molar-refractivity contribution in [1.29, 1.82) is 0 Å².